The molecule has 0 aliphatic carbocycles. The molecule has 1 N–H and O–H groups in total. The fourth-order valence-corrected chi connectivity index (χ4v) is 2.73. The SMILES string of the molecule is CCCCCCCCCCC[C@@H](O)CC(=O)CCCCC. The number of aliphatic hydroxyl groups is 1. The van der Waals surface area contributed by atoms with Gasteiger partial charge in [0.2, 0.25) is 0 Å². The molecule has 0 rings (SSSR count). The van der Waals surface area contributed by atoms with Gasteiger partial charge in [-0.3, -0.25) is 4.79 Å². The fourth-order valence-electron chi connectivity index (χ4n) is 2.73. The molecule has 0 aliphatic heterocycles. The lowest BCUT2D eigenvalue weighted by atomic mass is 10.0. The van der Waals surface area contributed by atoms with E-state index < -0.39 is 6.10 Å². The van der Waals surface area contributed by atoms with Crippen LogP contribution in [0.4, 0.5) is 0 Å². The average molecular weight is 299 g/mol. The van der Waals surface area contributed by atoms with E-state index in [1.54, 1.807) is 0 Å². The fraction of sp³-hybridized carbons (Fsp3) is 0.947. The van der Waals surface area contributed by atoms with Crippen LogP contribution >= 0.6 is 0 Å². The zero-order valence-corrected chi connectivity index (χ0v) is 14.5. The maximum Gasteiger partial charge on any atom is 0.135 e. The van der Waals surface area contributed by atoms with Crippen LogP contribution in [-0.2, 0) is 4.79 Å². The third kappa shape index (κ3) is 15.8. The van der Waals surface area contributed by atoms with Gasteiger partial charge in [0, 0.05) is 12.8 Å². The zero-order chi connectivity index (χ0) is 15.8. The summed E-state index contributed by atoms with van der Waals surface area (Å²) in [6, 6.07) is 0. The predicted molar refractivity (Wildman–Crippen MR) is 91.6 cm³/mol. The minimum absolute atomic E-state index is 0.242. The second kappa shape index (κ2) is 16.0. The molecular weight excluding hydrogens is 260 g/mol. The Balaban J connectivity index is 3.29. The number of carbonyl (C=O) groups excluding carboxylic acids is 1. The normalized spacial score (nSPS) is 12.5. The molecule has 0 aromatic heterocycles. The highest BCUT2D eigenvalue weighted by Crippen LogP contribution is 2.13. The molecule has 126 valence electrons. The van der Waals surface area contributed by atoms with Gasteiger partial charge >= 0.3 is 0 Å². The summed E-state index contributed by atoms with van der Waals surface area (Å²) < 4.78 is 0. The van der Waals surface area contributed by atoms with Crippen molar-refractivity contribution in [2.24, 2.45) is 0 Å². The minimum atomic E-state index is -0.399. The molecule has 0 radical (unpaired) electrons. The number of Topliss-reactive ketones (excluding diaryl/α,β-unsaturated/α-hetero) is 1. The molecule has 0 saturated heterocycles. The van der Waals surface area contributed by atoms with Crippen LogP contribution in [0.15, 0.2) is 0 Å². The van der Waals surface area contributed by atoms with Gasteiger partial charge in [-0.2, -0.15) is 0 Å². The first-order chi connectivity index (χ1) is 10.2. The molecule has 21 heavy (non-hydrogen) atoms. The topological polar surface area (TPSA) is 37.3 Å². The van der Waals surface area contributed by atoms with Crippen molar-refractivity contribution in [2.75, 3.05) is 0 Å². The van der Waals surface area contributed by atoms with Crippen molar-refractivity contribution in [1.29, 1.82) is 0 Å². The van der Waals surface area contributed by atoms with Gasteiger partial charge in [0.05, 0.1) is 6.10 Å². The van der Waals surface area contributed by atoms with Crippen LogP contribution in [0.3, 0.4) is 0 Å². The van der Waals surface area contributed by atoms with Gasteiger partial charge in [-0.05, 0) is 12.8 Å². The van der Waals surface area contributed by atoms with E-state index in [0.29, 0.717) is 12.8 Å². The number of aliphatic hydroxyl groups excluding tert-OH is 1. The highest BCUT2D eigenvalue weighted by atomic mass is 16.3. The van der Waals surface area contributed by atoms with E-state index in [1.807, 2.05) is 0 Å². The minimum Gasteiger partial charge on any atom is -0.393 e. The second-order valence-electron chi connectivity index (χ2n) is 6.47. The lowest BCUT2D eigenvalue weighted by Gasteiger charge is -2.09. The Bertz CT molecular complexity index is 226. The van der Waals surface area contributed by atoms with Crippen molar-refractivity contribution in [2.45, 2.75) is 116 Å². The number of carbonyl (C=O) groups is 1. The van der Waals surface area contributed by atoms with E-state index in [2.05, 4.69) is 13.8 Å². The molecule has 0 aliphatic rings. The van der Waals surface area contributed by atoms with Crippen LogP contribution in [0.2, 0.25) is 0 Å². The van der Waals surface area contributed by atoms with Gasteiger partial charge in [0.15, 0.2) is 0 Å². The van der Waals surface area contributed by atoms with Crippen LogP contribution in [0.1, 0.15) is 110 Å². The van der Waals surface area contributed by atoms with Crippen molar-refractivity contribution in [1.82, 2.24) is 0 Å². The van der Waals surface area contributed by atoms with Crippen molar-refractivity contribution in [3.63, 3.8) is 0 Å². The Morgan fingerprint density at radius 2 is 1.24 bits per heavy atom. The van der Waals surface area contributed by atoms with Crippen LogP contribution in [0.5, 0.6) is 0 Å². The van der Waals surface area contributed by atoms with Gasteiger partial charge in [0.25, 0.3) is 0 Å². The van der Waals surface area contributed by atoms with Gasteiger partial charge < -0.3 is 5.11 Å². The maximum absolute atomic E-state index is 11.6. The summed E-state index contributed by atoms with van der Waals surface area (Å²) in [6.45, 7) is 4.39. The van der Waals surface area contributed by atoms with Gasteiger partial charge in [0.1, 0.15) is 5.78 Å². The lowest BCUT2D eigenvalue weighted by molar-refractivity contribution is -0.121. The summed E-state index contributed by atoms with van der Waals surface area (Å²) in [5.74, 6) is 0.242. The van der Waals surface area contributed by atoms with Crippen LogP contribution < -0.4 is 0 Å². The lowest BCUT2D eigenvalue weighted by Crippen LogP contribution is -2.13. The van der Waals surface area contributed by atoms with Crippen molar-refractivity contribution >= 4 is 5.78 Å². The van der Waals surface area contributed by atoms with E-state index in [-0.39, 0.29) is 5.78 Å². The van der Waals surface area contributed by atoms with Crippen molar-refractivity contribution in [3.05, 3.63) is 0 Å². The summed E-state index contributed by atoms with van der Waals surface area (Å²) in [5.41, 5.74) is 0. The van der Waals surface area contributed by atoms with Crippen LogP contribution in [0.25, 0.3) is 0 Å². The molecule has 1 atom stereocenters. The van der Waals surface area contributed by atoms with Crippen molar-refractivity contribution < 1.29 is 9.90 Å². The summed E-state index contributed by atoms with van der Waals surface area (Å²) in [6.07, 6.45) is 16.4. The Kier molecular flexibility index (Phi) is 15.7. The van der Waals surface area contributed by atoms with E-state index in [1.165, 1.54) is 51.4 Å². The highest BCUT2D eigenvalue weighted by molar-refractivity contribution is 5.78. The first-order valence-electron chi connectivity index (χ1n) is 9.40. The number of unbranched alkanes of at least 4 members (excludes halogenated alkanes) is 10. The first-order valence-corrected chi connectivity index (χ1v) is 9.40. The van der Waals surface area contributed by atoms with E-state index in [0.717, 1.165) is 32.1 Å². The Morgan fingerprint density at radius 1 is 0.762 bits per heavy atom. The Hall–Kier alpha value is -0.370. The summed E-state index contributed by atoms with van der Waals surface area (Å²) in [5, 5.41) is 9.86. The Labute approximate surface area is 132 Å². The maximum atomic E-state index is 11.6. The molecular formula is C19H38O2. The number of hydrogen-bond donors (Lipinski definition) is 1. The number of hydrogen-bond acceptors (Lipinski definition) is 2. The van der Waals surface area contributed by atoms with E-state index in [9.17, 15) is 9.90 Å². The molecule has 0 bridgehead atoms. The molecule has 0 aromatic rings. The average Bonchev–Trinajstić information content (AvgIpc) is 2.45. The second-order valence-corrected chi connectivity index (χ2v) is 6.47. The third-order valence-electron chi connectivity index (χ3n) is 4.16. The van der Waals surface area contributed by atoms with Gasteiger partial charge in [-0.25, -0.2) is 0 Å². The van der Waals surface area contributed by atoms with Crippen molar-refractivity contribution in [3.8, 4) is 0 Å². The zero-order valence-electron chi connectivity index (χ0n) is 14.5. The van der Waals surface area contributed by atoms with Gasteiger partial charge in [-0.1, -0.05) is 84.5 Å². The summed E-state index contributed by atoms with van der Waals surface area (Å²) >= 11 is 0. The Morgan fingerprint density at radius 3 is 1.81 bits per heavy atom. The van der Waals surface area contributed by atoms with Crippen LogP contribution in [-0.4, -0.2) is 17.0 Å². The predicted octanol–water partition coefficient (Wildman–Crippen LogP) is 5.81. The third-order valence-corrected chi connectivity index (χ3v) is 4.16. The van der Waals surface area contributed by atoms with Gasteiger partial charge in [-0.15, -0.1) is 0 Å². The van der Waals surface area contributed by atoms with Crippen LogP contribution in [0, 0.1) is 0 Å². The standard InChI is InChI=1S/C19H38O2/c1-3-5-7-8-9-10-11-12-14-16-19(21)17-18(20)15-13-6-4-2/h19,21H,3-17H2,1-2H3/t19-/m1/s1. The molecule has 0 aromatic carbocycles. The summed E-state index contributed by atoms with van der Waals surface area (Å²) in [7, 11) is 0. The molecule has 0 fully saturated rings. The number of ketones is 1. The largest absolute Gasteiger partial charge is 0.393 e. The first kappa shape index (κ1) is 20.6. The van der Waals surface area contributed by atoms with E-state index in [4.69, 9.17) is 0 Å². The molecule has 0 heterocycles. The number of rotatable bonds is 16. The smallest absolute Gasteiger partial charge is 0.135 e. The summed E-state index contributed by atoms with van der Waals surface area (Å²) in [4.78, 5) is 11.6. The molecule has 0 spiro atoms. The molecule has 0 saturated carbocycles. The quantitative estimate of drug-likeness (QED) is 0.365. The molecule has 0 unspecified atom stereocenters. The van der Waals surface area contributed by atoms with E-state index >= 15 is 0 Å². The highest BCUT2D eigenvalue weighted by Gasteiger charge is 2.10. The molecule has 2 heteroatoms. The molecule has 2 nitrogen and oxygen atoms in total. The molecule has 0 amide bonds. The monoisotopic (exact) mass is 298 g/mol.